The van der Waals surface area contributed by atoms with Gasteiger partial charge in [0.1, 0.15) is 12.6 Å². The lowest BCUT2D eigenvalue weighted by atomic mass is 10.1. The normalized spacial score (nSPS) is 18.6. The molecule has 104 valence electrons. The number of hydrogen-bond donors (Lipinski definition) is 3. The van der Waals surface area contributed by atoms with E-state index in [1.165, 1.54) is 0 Å². The Labute approximate surface area is 107 Å². The van der Waals surface area contributed by atoms with Crippen LogP contribution in [-0.4, -0.2) is 48.8 Å². The molecule has 0 bridgehead atoms. The summed E-state index contributed by atoms with van der Waals surface area (Å²) < 4.78 is 5.46. The SMILES string of the molecule is CC(C)C(NC(=O)COC1CCNCC1)C(=O)O. The van der Waals surface area contributed by atoms with Crippen LogP contribution in [0.2, 0.25) is 0 Å². The quantitative estimate of drug-likeness (QED) is 0.623. The van der Waals surface area contributed by atoms with Crippen molar-refractivity contribution in [2.24, 2.45) is 5.92 Å². The van der Waals surface area contributed by atoms with Gasteiger partial charge in [0.25, 0.3) is 0 Å². The highest BCUT2D eigenvalue weighted by Gasteiger charge is 2.24. The Bertz CT molecular complexity index is 288. The summed E-state index contributed by atoms with van der Waals surface area (Å²) >= 11 is 0. The minimum absolute atomic E-state index is 0.0683. The third-order valence-electron chi connectivity index (χ3n) is 2.99. The van der Waals surface area contributed by atoms with Crippen molar-refractivity contribution in [1.82, 2.24) is 10.6 Å². The van der Waals surface area contributed by atoms with Crippen LogP contribution in [0.25, 0.3) is 0 Å². The van der Waals surface area contributed by atoms with Crippen molar-refractivity contribution in [3.8, 4) is 0 Å². The second-order valence-electron chi connectivity index (χ2n) is 4.89. The lowest BCUT2D eigenvalue weighted by molar-refractivity contribution is -0.144. The molecule has 1 amide bonds. The lowest BCUT2D eigenvalue weighted by Gasteiger charge is -2.23. The molecule has 0 aromatic carbocycles. The zero-order chi connectivity index (χ0) is 13.5. The van der Waals surface area contributed by atoms with E-state index >= 15 is 0 Å². The van der Waals surface area contributed by atoms with Crippen molar-refractivity contribution in [3.63, 3.8) is 0 Å². The second-order valence-corrected chi connectivity index (χ2v) is 4.89. The molecule has 1 aliphatic rings. The maximum atomic E-state index is 11.6. The lowest BCUT2D eigenvalue weighted by Crippen LogP contribution is -2.46. The maximum absolute atomic E-state index is 11.6. The van der Waals surface area contributed by atoms with E-state index in [2.05, 4.69) is 10.6 Å². The van der Waals surface area contributed by atoms with Gasteiger partial charge >= 0.3 is 5.97 Å². The number of piperidine rings is 1. The molecule has 1 heterocycles. The molecule has 1 atom stereocenters. The molecule has 0 saturated carbocycles. The Morgan fingerprint density at radius 1 is 1.39 bits per heavy atom. The Kier molecular flexibility index (Phi) is 6.07. The van der Waals surface area contributed by atoms with Crippen LogP contribution in [0, 0.1) is 5.92 Å². The van der Waals surface area contributed by atoms with Gasteiger partial charge in [0.2, 0.25) is 5.91 Å². The number of nitrogens with one attached hydrogen (secondary N) is 2. The van der Waals surface area contributed by atoms with E-state index in [1.54, 1.807) is 13.8 Å². The maximum Gasteiger partial charge on any atom is 0.326 e. The fourth-order valence-electron chi connectivity index (χ4n) is 1.88. The first-order chi connectivity index (χ1) is 8.50. The van der Waals surface area contributed by atoms with Crippen molar-refractivity contribution in [3.05, 3.63) is 0 Å². The molecule has 18 heavy (non-hydrogen) atoms. The van der Waals surface area contributed by atoms with Gasteiger partial charge in [-0.3, -0.25) is 4.79 Å². The highest BCUT2D eigenvalue weighted by Crippen LogP contribution is 2.07. The van der Waals surface area contributed by atoms with E-state index in [0.717, 1.165) is 25.9 Å². The van der Waals surface area contributed by atoms with E-state index in [9.17, 15) is 9.59 Å². The predicted octanol–water partition coefficient (Wildman–Crippen LogP) is -0.0196. The van der Waals surface area contributed by atoms with Gasteiger partial charge in [-0.1, -0.05) is 13.8 Å². The topological polar surface area (TPSA) is 87.7 Å². The average molecular weight is 258 g/mol. The van der Waals surface area contributed by atoms with Crippen LogP contribution in [0.3, 0.4) is 0 Å². The molecule has 1 rings (SSSR count). The molecule has 0 spiro atoms. The van der Waals surface area contributed by atoms with E-state index in [-0.39, 0.29) is 24.5 Å². The monoisotopic (exact) mass is 258 g/mol. The number of aliphatic carboxylic acids is 1. The first kappa shape index (κ1) is 14.9. The smallest absolute Gasteiger partial charge is 0.326 e. The number of amides is 1. The van der Waals surface area contributed by atoms with E-state index in [1.807, 2.05) is 0 Å². The Morgan fingerprint density at radius 2 is 2.00 bits per heavy atom. The number of carboxylic acid groups (broad SMARTS) is 1. The fourth-order valence-corrected chi connectivity index (χ4v) is 1.88. The van der Waals surface area contributed by atoms with Crippen LogP contribution < -0.4 is 10.6 Å². The molecule has 1 aliphatic heterocycles. The van der Waals surface area contributed by atoms with Gasteiger partial charge in [0.15, 0.2) is 0 Å². The number of carboxylic acids is 1. The minimum Gasteiger partial charge on any atom is -0.480 e. The summed E-state index contributed by atoms with van der Waals surface area (Å²) in [6.07, 6.45) is 1.87. The van der Waals surface area contributed by atoms with Crippen LogP contribution in [0.5, 0.6) is 0 Å². The van der Waals surface area contributed by atoms with Crippen LogP contribution >= 0.6 is 0 Å². The molecule has 0 aliphatic carbocycles. The molecule has 1 saturated heterocycles. The molecule has 6 heteroatoms. The summed E-state index contributed by atoms with van der Waals surface area (Å²) in [5, 5.41) is 14.6. The predicted molar refractivity (Wildman–Crippen MR) is 66.2 cm³/mol. The number of hydrogen-bond acceptors (Lipinski definition) is 4. The van der Waals surface area contributed by atoms with Crippen molar-refractivity contribution in [2.45, 2.75) is 38.8 Å². The number of carbonyl (C=O) groups excluding carboxylic acids is 1. The van der Waals surface area contributed by atoms with Gasteiger partial charge in [0, 0.05) is 0 Å². The molecule has 0 aromatic heterocycles. The summed E-state index contributed by atoms with van der Waals surface area (Å²) in [7, 11) is 0. The van der Waals surface area contributed by atoms with E-state index in [0.29, 0.717) is 0 Å². The molecule has 3 N–H and O–H groups in total. The number of carbonyl (C=O) groups is 2. The molecular formula is C12H22N2O4. The van der Waals surface area contributed by atoms with Crippen molar-refractivity contribution >= 4 is 11.9 Å². The van der Waals surface area contributed by atoms with Crippen LogP contribution in [0.15, 0.2) is 0 Å². The fraction of sp³-hybridized carbons (Fsp3) is 0.833. The van der Waals surface area contributed by atoms with Crippen molar-refractivity contribution in [1.29, 1.82) is 0 Å². The molecule has 0 radical (unpaired) electrons. The summed E-state index contributed by atoms with van der Waals surface area (Å²) in [6.45, 7) is 5.24. The van der Waals surface area contributed by atoms with Crippen LogP contribution in [-0.2, 0) is 14.3 Å². The van der Waals surface area contributed by atoms with Gasteiger partial charge in [0.05, 0.1) is 6.10 Å². The van der Waals surface area contributed by atoms with Crippen LogP contribution in [0.4, 0.5) is 0 Å². The van der Waals surface area contributed by atoms with Crippen molar-refractivity contribution < 1.29 is 19.4 Å². The Balaban J connectivity index is 2.29. The molecule has 1 unspecified atom stereocenters. The van der Waals surface area contributed by atoms with Gasteiger partial charge in [-0.2, -0.15) is 0 Å². The van der Waals surface area contributed by atoms with E-state index < -0.39 is 12.0 Å². The van der Waals surface area contributed by atoms with Gasteiger partial charge in [-0.05, 0) is 31.8 Å². The average Bonchev–Trinajstić information content (AvgIpc) is 2.34. The first-order valence-electron chi connectivity index (χ1n) is 6.35. The molecule has 6 nitrogen and oxygen atoms in total. The third-order valence-corrected chi connectivity index (χ3v) is 2.99. The van der Waals surface area contributed by atoms with Gasteiger partial charge in [-0.15, -0.1) is 0 Å². The highest BCUT2D eigenvalue weighted by molar-refractivity contribution is 5.84. The van der Waals surface area contributed by atoms with Gasteiger partial charge in [-0.25, -0.2) is 4.79 Å². The zero-order valence-electron chi connectivity index (χ0n) is 10.9. The molecule has 0 aromatic rings. The summed E-state index contributed by atoms with van der Waals surface area (Å²) in [6, 6.07) is -0.853. The molecular weight excluding hydrogens is 236 g/mol. The third kappa shape index (κ3) is 5.01. The van der Waals surface area contributed by atoms with Crippen molar-refractivity contribution in [2.75, 3.05) is 19.7 Å². The van der Waals surface area contributed by atoms with Crippen LogP contribution in [0.1, 0.15) is 26.7 Å². The van der Waals surface area contributed by atoms with Gasteiger partial charge < -0.3 is 20.5 Å². The Hall–Kier alpha value is -1.14. The molecule has 1 fully saturated rings. The summed E-state index contributed by atoms with van der Waals surface area (Å²) in [5.41, 5.74) is 0. The minimum atomic E-state index is -1.01. The Morgan fingerprint density at radius 3 is 2.50 bits per heavy atom. The summed E-state index contributed by atoms with van der Waals surface area (Å²) in [4.78, 5) is 22.5. The first-order valence-corrected chi connectivity index (χ1v) is 6.35. The number of rotatable bonds is 6. The largest absolute Gasteiger partial charge is 0.480 e. The summed E-state index contributed by atoms with van der Waals surface area (Å²) in [5.74, 6) is -1.53. The van der Waals surface area contributed by atoms with E-state index in [4.69, 9.17) is 9.84 Å². The zero-order valence-corrected chi connectivity index (χ0v) is 10.9. The second kappa shape index (κ2) is 7.33. The number of ether oxygens (including phenoxy) is 1. The standard InChI is InChI=1S/C12H22N2O4/c1-8(2)11(12(16)17)14-10(15)7-18-9-3-5-13-6-4-9/h8-9,11,13H,3-7H2,1-2H3,(H,14,15)(H,16,17). The highest BCUT2D eigenvalue weighted by atomic mass is 16.5.